The van der Waals surface area contributed by atoms with Crippen LogP contribution >= 0.6 is 11.6 Å². The zero-order chi connectivity index (χ0) is 17.8. The number of piperidine rings is 1. The van der Waals surface area contributed by atoms with E-state index >= 15 is 0 Å². The quantitative estimate of drug-likeness (QED) is 0.863. The molecule has 0 saturated carbocycles. The Balaban J connectivity index is 1.55. The van der Waals surface area contributed by atoms with Crippen LogP contribution < -0.4 is 10.6 Å². The minimum atomic E-state index is -0.0456. The van der Waals surface area contributed by atoms with E-state index in [1.54, 1.807) is 6.07 Å². The summed E-state index contributed by atoms with van der Waals surface area (Å²) in [6.45, 7) is 4.94. The number of nitrogens with zero attached hydrogens (tertiary/aromatic N) is 1. The molecule has 136 valence electrons. The molecule has 1 aromatic carbocycles. The minimum absolute atomic E-state index is 0.0269. The van der Waals surface area contributed by atoms with Crippen molar-refractivity contribution in [1.29, 1.82) is 0 Å². The summed E-state index contributed by atoms with van der Waals surface area (Å²) in [5, 5.41) is 6.86. The molecule has 2 unspecified atom stereocenters. The second-order valence-corrected chi connectivity index (χ2v) is 7.61. The van der Waals surface area contributed by atoms with Crippen molar-refractivity contribution in [3.05, 3.63) is 34.3 Å². The van der Waals surface area contributed by atoms with Gasteiger partial charge in [0.2, 0.25) is 5.91 Å². The maximum Gasteiger partial charge on any atom is 0.253 e. The summed E-state index contributed by atoms with van der Waals surface area (Å²) in [6, 6.07) is 5.42. The van der Waals surface area contributed by atoms with E-state index in [4.69, 9.17) is 11.6 Å². The number of likely N-dealkylation sites (tertiary alicyclic amines) is 1. The fourth-order valence-electron chi connectivity index (χ4n) is 3.73. The van der Waals surface area contributed by atoms with Crippen LogP contribution in [0.25, 0.3) is 0 Å². The van der Waals surface area contributed by atoms with E-state index < -0.39 is 0 Å². The van der Waals surface area contributed by atoms with Crippen LogP contribution in [0.5, 0.6) is 0 Å². The van der Waals surface area contributed by atoms with E-state index in [-0.39, 0.29) is 17.9 Å². The second kappa shape index (κ2) is 8.19. The zero-order valence-corrected chi connectivity index (χ0v) is 15.4. The molecule has 0 bridgehead atoms. The first-order valence-corrected chi connectivity index (χ1v) is 9.48. The summed E-state index contributed by atoms with van der Waals surface area (Å²) in [7, 11) is 0. The molecule has 2 fully saturated rings. The van der Waals surface area contributed by atoms with Crippen molar-refractivity contribution in [3.8, 4) is 0 Å². The Hall–Kier alpha value is -1.59. The fourth-order valence-corrected chi connectivity index (χ4v) is 4.02. The summed E-state index contributed by atoms with van der Waals surface area (Å²) in [6.07, 6.45) is 3.97. The number of carbonyl (C=O) groups excluding carboxylic acids is 2. The number of rotatable bonds is 4. The SMILES string of the molecule is Cc1cc(Cl)cc(C(=O)N2CCCC(CNC(=O)C3CCCN3)C2)c1. The number of aryl methyl sites for hydroxylation is 1. The molecule has 6 heteroatoms. The molecule has 0 spiro atoms. The Labute approximate surface area is 154 Å². The predicted molar refractivity (Wildman–Crippen MR) is 98.9 cm³/mol. The van der Waals surface area contributed by atoms with Gasteiger partial charge in [0.05, 0.1) is 6.04 Å². The molecule has 2 N–H and O–H groups in total. The number of amides is 2. The van der Waals surface area contributed by atoms with Crippen LogP contribution in [0.2, 0.25) is 5.02 Å². The van der Waals surface area contributed by atoms with Gasteiger partial charge in [-0.25, -0.2) is 0 Å². The Morgan fingerprint density at radius 1 is 1.28 bits per heavy atom. The molecule has 2 aliphatic heterocycles. The van der Waals surface area contributed by atoms with Crippen molar-refractivity contribution in [2.75, 3.05) is 26.2 Å². The Kier molecular flexibility index (Phi) is 5.97. The third-order valence-corrected chi connectivity index (χ3v) is 5.26. The van der Waals surface area contributed by atoms with Gasteiger partial charge in [-0.05, 0) is 68.8 Å². The maximum absolute atomic E-state index is 12.8. The van der Waals surface area contributed by atoms with Gasteiger partial charge in [0.1, 0.15) is 0 Å². The Morgan fingerprint density at radius 3 is 2.84 bits per heavy atom. The van der Waals surface area contributed by atoms with E-state index in [0.29, 0.717) is 29.6 Å². The monoisotopic (exact) mass is 363 g/mol. The van der Waals surface area contributed by atoms with Crippen LogP contribution in [0.4, 0.5) is 0 Å². The summed E-state index contributed by atoms with van der Waals surface area (Å²) in [5.74, 6) is 0.425. The van der Waals surface area contributed by atoms with E-state index in [0.717, 1.165) is 44.3 Å². The maximum atomic E-state index is 12.8. The molecule has 5 nitrogen and oxygen atoms in total. The molecule has 2 aliphatic rings. The van der Waals surface area contributed by atoms with Crippen molar-refractivity contribution in [1.82, 2.24) is 15.5 Å². The van der Waals surface area contributed by atoms with Gasteiger partial charge in [-0.1, -0.05) is 11.6 Å². The first-order valence-electron chi connectivity index (χ1n) is 9.10. The van der Waals surface area contributed by atoms with E-state index in [1.165, 1.54) is 0 Å². The molecular formula is C19H26ClN3O2. The molecule has 2 amide bonds. The van der Waals surface area contributed by atoms with Gasteiger partial charge in [-0.15, -0.1) is 0 Å². The van der Waals surface area contributed by atoms with E-state index in [2.05, 4.69) is 10.6 Å². The van der Waals surface area contributed by atoms with Gasteiger partial charge in [0.15, 0.2) is 0 Å². The Bertz CT molecular complexity index is 623. The van der Waals surface area contributed by atoms with Crippen molar-refractivity contribution >= 4 is 23.4 Å². The molecule has 1 aromatic rings. The molecule has 2 atom stereocenters. The molecule has 0 aliphatic carbocycles. The highest BCUT2D eigenvalue weighted by Crippen LogP contribution is 2.21. The largest absolute Gasteiger partial charge is 0.354 e. The summed E-state index contributed by atoms with van der Waals surface area (Å²) >= 11 is 6.08. The standard InChI is InChI=1S/C19H26ClN3O2/c1-13-8-15(10-16(20)9-13)19(25)23-7-3-4-14(12-23)11-22-18(24)17-5-2-6-21-17/h8-10,14,17,21H,2-7,11-12H2,1H3,(H,22,24). The van der Waals surface area contributed by atoms with Crippen LogP contribution in [-0.4, -0.2) is 48.9 Å². The van der Waals surface area contributed by atoms with Crippen molar-refractivity contribution in [2.24, 2.45) is 5.92 Å². The first kappa shape index (κ1) is 18.2. The summed E-state index contributed by atoms with van der Waals surface area (Å²) < 4.78 is 0. The average molecular weight is 364 g/mol. The molecule has 2 saturated heterocycles. The van der Waals surface area contributed by atoms with Gasteiger partial charge < -0.3 is 15.5 Å². The second-order valence-electron chi connectivity index (χ2n) is 7.17. The summed E-state index contributed by atoms with van der Waals surface area (Å²) in [4.78, 5) is 26.8. The van der Waals surface area contributed by atoms with Crippen LogP contribution in [0.15, 0.2) is 18.2 Å². The highest BCUT2D eigenvalue weighted by Gasteiger charge is 2.27. The number of halogens is 1. The smallest absolute Gasteiger partial charge is 0.253 e. The highest BCUT2D eigenvalue weighted by molar-refractivity contribution is 6.31. The highest BCUT2D eigenvalue weighted by atomic mass is 35.5. The topological polar surface area (TPSA) is 61.4 Å². The minimum Gasteiger partial charge on any atom is -0.354 e. The average Bonchev–Trinajstić information content (AvgIpc) is 3.13. The third-order valence-electron chi connectivity index (χ3n) is 5.04. The number of nitrogens with one attached hydrogen (secondary N) is 2. The lowest BCUT2D eigenvalue weighted by Crippen LogP contribution is -2.46. The van der Waals surface area contributed by atoms with Crippen molar-refractivity contribution in [2.45, 2.75) is 38.6 Å². The van der Waals surface area contributed by atoms with E-state index in [9.17, 15) is 9.59 Å². The van der Waals surface area contributed by atoms with Gasteiger partial charge in [0.25, 0.3) is 5.91 Å². The molecular weight excluding hydrogens is 338 g/mol. The van der Waals surface area contributed by atoms with E-state index in [1.807, 2.05) is 24.0 Å². The number of hydrogen-bond acceptors (Lipinski definition) is 3. The van der Waals surface area contributed by atoms with Gasteiger partial charge in [-0.2, -0.15) is 0 Å². The van der Waals surface area contributed by atoms with Gasteiger partial charge in [0, 0.05) is 30.2 Å². The van der Waals surface area contributed by atoms with Crippen LogP contribution in [0, 0.1) is 12.8 Å². The van der Waals surface area contributed by atoms with Crippen LogP contribution in [0.1, 0.15) is 41.6 Å². The lowest BCUT2D eigenvalue weighted by molar-refractivity contribution is -0.123. The zero-order valence-electron chi connectivity index (χ0n) is 14.7. The lowest BCUT2D eigenvalue weighted by atomic mass is 9.97. The molecule has 2 heterocycles. The third kappa shape index (κ3) is 4.73. The number of benzene rings is 1. The van der Waals surface area contributed by atoms with Gasteiger partial charge >= 0.3 is 0 Å². The normalized spacial score (nSPS) is 23.5. The lowest BCUT2D eigenvalue weighted by Gasteiger charge is -2.33. The summed E-state index contributed by atoms with van der Waals surface area (Å²) in [5.41, 5.74) is 1.63. The molecule has 0 aromatic heterocycles. The van der Waals surface area contributed by atoms with Crippen LogP contribution in [-0.2, 0) is 4.79 Å². The Morgan fingerprint density at radius 2 is 2.12 bits per heavy atom. The first-order chi connectivity index (χ1) is 12.0. The van der Waals surface area contributed by atoms with Crippen molar-refractivity contribution in [3.63, 3.8) is 0 Å². The molecule has 25 heavy (non-hydrogen) atoms. The van der Waals surface area contributed by atoms with Gasteiger partial charge in [-0.3, -0.25) is 9.59 Å². The van der Waals surface area contributed by atoms with Crippen LogP contribution in [0.3, 0.4) is 0 Å². The predicted octanol–water partition coefficient (Wildman–Crippen LogP) is 2.37. The van der Waals surface area contributed by atoms with Crippen molar-refractivity contribution < 1.29 is 9.59 Å². The molecule has 0 radical (unpaired) electrons. The number of hydrogen-bond donors (Lipinski definition) is 2. The molecule has 3 rings (SSSR count). The number of carbonyl (C=O) groups is 2. The fraction of sp³-hybridized carbons (Fsp3) is 0.579.